The second-order valence-corrected chi connectivity index (χ2v) is 2.07. The molecule has 0 aromatic rings. The molecule has 0 aliphatic carbocycles. The van der Waals surface area contributed by atoms with Gasteiger partial charge in [0.05, 0.1) is 6.61 Å². The fourth-order valence-corrected chi connectivity index (χ4v) is 0.256. The molecule has 4 heteroatoms. The van der Waals surface area contributed by atoms with Gasteiger partial charge in [-0.05, 0) is 5.92 Å². The summed E-state index contributed by atoms with van der Waals surface area (Å²) < 4.78 is 4.66. The van der Waals surface area contributed by atoms with Gasteiger partial charge >= 0.3 is 0 Å². The van der Waals surface area contributed by atoms with Crippen LogP contribution in [0.5, 0.6) is 0 Å². The zero-order chi connectivity index (χ0) is 6.57. The number of nitrogens with one attached hydrogen (secondary N) is 1. The van der Waals surface area contributed by atoms with Crippen LogP contribution in [0.3, 0.4) is 0 Å². The Kier molecular flexibility index (Phi) is 7.19. The van der Waals surface area contributed by atoms with Crippen molar-refractivity contribution in [3.63, 3.8) is 0 Å². The summed E-state index contributed by atoms with van der Waals surface area (Å²) in [5.41, 5.74) is 4.90. The van der Waals surface area contributed by atoms with E-state index in [0.29, 0.717) is 12.5 Å². The van der Waals surface area contributed by atoms with Crippen molar-refractivity contribution in [1.29, 1.82) is 5.41 Å². The second kappa shape index (κ2) is 5.69. The maximum absolute atomic E-state index is 6.64. The second-order valence-electron chi connectivity index (χ2n) is 2.07. The quantitative estimate of drug-likeness (QED) is 0.458. The van der Waals surface area contributed by atoms with Gasteiger partial charge < -0.3 is 10.5 Å². The minimum Gasteiger partial charge on any atom is -0.465 e. The molecular weight excluding hydrogens is 140 g/mol. The number of hydrogen-bond donors (Lipinski definition) is 2. The molecule has 0 amide bonds. The van der Waals surface area contributed by atoms with Gasteiger partial charge in [-0.15, -0.1) is 12.4 Å². The van der Waals surface area contributed by atoms with Gasteiger partial charge in [0.1, 0.15) is 0 Å². The lowest BCUT2D eigenvalue weighted by atomic mass is 10.2. The number of amidine groups is 1. The van der Waals surface area contributed by atoms with Gasteiger partial charge in [-0.3, -0.25) is 5.41 Å². The SMILES string of the molecule is CC(C)COC(=N)N.Cl. The number of hydrogen-bond acceptors (Lipinski definition) is 2. The Hall–Kier alpha value is -0.440. The first kappa shape index (κ1) is 11.4. The molecule has 0 rings (SSSR count). The van der Waals surface area contributed by atoms with E-state index in [1.54, 1.807) is 0 Å². The fraction of sp³-hybridized carbons (Fsp3) is 0.800. The molecule has 0 heterocycles. The summed E-state index contributed by atoms with van der Waals surface area (Å²) in [5, 5.41) is 6.64. The van der Waals surface area contributed by atoms with Crippen molar-refractivity contribution in [3.05, 3.63) is 0 Å². The molecule has 0 spiro atoms. The summed E-state index contributed by atoms with van der Waals surface area (Å²) in [4.78, 5) is 0. The Morgan fingerprint density at radius 1 is 1.67 bits per heavy atom. The van der Waals surface area contributed by atoms with Crippen LogP contribution in [0.25, 0.3) is 0 Å². The van der Waals surface area contributed by atoms with Gasteiger partial charge in [0.2, 0.25) is 0 Å². The first-order valence-corrected chi connectivity index (χ1v) is 2.59. The molecule has 0 radical (unpaired) electrons. The molecule has 0 aromatic heterocycles. The monoisotopic (exact) mass is 152 g/mol. The van der Waals surface area contributed by atoms with Crippen molar-refractivity contribution in [3.8, 4) is 0 Å². The van der Waals surface area contributed by atoms with Gasteiger partial charge in [0, 0.05) is 0 Å². The zero-order valence-electron chi connectivity index (χ0n) is 5.68. The Morgan fingerprint density at radius 2 is 2.11 bits per heavy atom. The standard InChI is InChI=1S/C5H12N2O.ClH/c1-4(2)3-8-5(6)7;/h4H,3H2,1-2H3,(H3,6,7);1H. The van der Waals surface area contributed by atoms with Crippen LogP contribution in [0.4, 0.5) is 0 Å². The van der Waals surface area contributed by atoms with Crippen molar-refractivity contribution in [1.82, 2.24) is 0 Å². The van der Waals surface area contributed by atoms with Gasteiger partial charge in [0.25, 0.3) is 6.02 Å². The van der Waals surface area contributed by atoms with Crippen molar-refractivity contribution in [2.75, 3.05) is 6.61 Å². The molecule has 0 aromatic carbocycles. The van der Waals surface area contributed by atoms with E-state index in [4.69, 9.17) is 11.1 Å². The van der Waals surface area contributed by atoms with Crippen LogP contribution in [0.15, 0.2) is 0 Å². The lowest BCUT2D eigenvalue weighted by Gasteiger charge is -2.04. The van der Waals surface area contributed by atoms with Crippen molar-refractivity contribution in [2.24, 2.45) is 11.7 Å². The molecule has 0 unspecified atom stereocenters. The summed E-state index contributed by atoms with van der Waals surface area (Å²) >= 11 is 0. The van der Waals surface area contributed by atoms with Crippen LogP contribution < -0.4 is 5.73 Å². The third-order valence-electron chi connectivity index (χ3n) is 0.572. The van der Waals surface area contributed by atoms with Crippen molar-refractivity contribution >= 4 is 18.4 Å². The Bertz CT molecular complexity index is 85.0. The van der Waals surface area contributed by atoms with E-state index < -0.39 is 0 Å². The maximum atomic E-state index is 6.64. The van der Waals surface area contributed by atoms with Crippen LogP contribution in [0.1, 0.15) is 13.8 Å². The van der Waals surface area contributed by atoms with Gasteiger partial charge in [-0.25, -0.2) is 0 Å². The van der Waals surface area contributed by atoms with Crippen molar-refractivity contribution < 1.29 is 4.74 Å². The van der Waals surface area contributed by atoms with Gasteiger partial charge in [0.15, 0.2) is 0 Å². The molecule has 3 N–H and O–H groups in total. The molecule has 9 heavy (non-hydrogen) atoms. The lowest BCUT2D eigenvalue weighted by Crippen LogP contribution is -2.17. The molecule has 0 aliphatic rings. The predicted molar refractivity (Wildman–Crippen MR) is 40.0 cm³/mol. The summed E-state index contributed by atoms with van der Waals surface area (Å²) in [5.74, 6) is 0.443. The van der Waals surface area contributed by atoms with Gasteiger partial charge in [-0.1, -0.05) is 13.8 Å². The highest BCUT2D eigenvalue weighted by atomic mass is 35.5. The molecular formula is C5H13ClN2O. The minimum atomic E-state index is -0.196. The molecule has 3 nitrogen and oxygen atoms in total. The third-order valence-corrected chi connectivity index (χ3v) is 0.572. The molecule has 0 aliphatic heterocycles. The average Bonchev–Trinajstić information content (AvgIpc) is 1.61. The highest BCUT2D eigenvalue weighted by Crippen LogP contribution is 1.90. The Balaban J connectivity index is 0. The maximum Gasteiger partial charge on any atom is 0.279 e. The minimum absolute atomic E-state index is 0. The lowest BCUT2D eigenvalue weighted by molar-refractivity contribution is 0.252. The van der Waals surface area contributed by atoms with Crippen LogP contribution in [-0.2, 0) is 4.74 Å². The fourth-order valence-electron chi connectivity index (χ4n) is 0.256. The smallest absolute Gasteiger partial charge is 0.279 e. The van der Waals surface area contributed by atoms with E-state index in [1.165, 1.54) is 0 Å². The first-order valence-electron chi connectivity index (χ1n) is 2.59. The molecule has 56 valence electrons. The van der Waals surface area contributed by atoms with Gasteiger partial charge in [-0.2, -0.15) is 0 Å². The highest BCUT2D eigenvalue weighted by Gasteiger charge is 1.92. The molecule has 0 saturated carbocycles. The Labute approximate surface area is 61.5 Å². The Morgan fingerprint density at radius 3 is 2.22 bits per heavy atom. The van der Waals surface area contributed by atoms with E-state index in [1.807, 2.05) is 13.8 Å². The first-order chi connectivity index (χ1) is 3.63. The number of rotatable bonds is 2. The number of nitrogens with two attached hydrogens (primary N) is 1. The number of halogens is 1. The molecule has 0 fully saturated rings. The van der Waals surface area contributed by atoms with E-state index in [-0.39, 0.29) is 18.4 Å². The highest BCUT2D eigenvalue weighted by molar-refractivity contribution is 5.85. The van der Waals surface area contributed by atoms with Crippen LogP contribution >= 0.6 is 12.4 Å². The van der Waals surface area contributed by atoms with E-state index in [0.717, 1.165) is 0 Å². The summed E-state index contributed by atoms with van der Waals surface area (Å²) in [7, 11) is 0. The molecule has 0 atom stereocenters. The van der Waals surface area contributed by atoms with Crippen molar-refractivity contribution in [2.45, 2.75) is 13.8 Å². The topological polar surface area (TPSA) is 59.1 Å². The zero-order valence-corrected chi connectivity index (χ0v) is 6.49. The molecule has 0 saturated heterocycles. The predicted octanol–water partition coefficient (Wildman–Crippen LogP) is 0.974. The number of ether oxygens (including phenoxy) is 1. The molecule has 0 bridgehead atoms. The summed E-state index contributed by atoms with van der Waals surface area (Å²) in [6.45, 7) is 4.54. The van der Waals surface area contributed by atoms with Crippen LogP contribution in [0, 0.1) is 11.3 Å². The summed E-state index contributed by atoms with van der Waals surface area (Å²) in [6.07, 6.45) is 0. The normalized spacial score (nSPS) is 8.33. The van der Waals surface area contributed by atoms with E-state index >= 15 is 0 Å². The van der Waals surface area contributed by atoms with Crippen LogP contribution in [0.2, 0.25) is 0 Å². The summed E-state index contributed by atoms with van der Waals surface area (Å²) in [6, 6.07) is -0.196. The van der Waals surface area contributed by atoms with E-state index in [9.17, 15) is 0 Å². The van der Waals surface area contributed by atoms with E-state index in [2.05, 4.69) is 4.74 Å². The largest absolute Gasteiger partial charge is 0.465 e. The average molecular weight is 153 g/mol. The third kappa shape index (κ3) is 11.2. The van der Waals surface area contributed by atoms with Crippen LogP contribution in [-0.4, -0.2) is 12.6 Å².